The van der Waals surface area contributed by atoms with Crippen molar-refractivity contribution >= 4 is 11.9 Å². The number of aliphatic carboxylic acids is 1. The number of hydrogen-bond acceptors (Lipinski definition) is 5. The molecule has 1 unspecified atom stereocenters. The Balaban J connectivity index is 2.33. The highest BCUT2D eigenvalue weighted by atomic mass is 16.5. The number of hydrogen-bond donors (Lipinski definition) is 2. The fraction of sp³-hybridized carbons (Fsp3) is 0.556. The van der Waals surface area contributed by atoms with Crippen molar-refractivity contribution in [1.29, 1.82) is 0 Å². The number of carbonyl (C=O) groups excluding carboxylic acids is 1. The van der Waals surface area contributed by atoms with Crippen molar-refractivity contribution in [1.82, 2.24) is 15.5 Å². The average molecular weight is 227 g/mol. The minimum Gasteiger partial charge on any atom is -0.480 e. The minimum atomic E-state index is -1.07. The van der Waals surface area contributed by atoms with E-state index >= 15 is 0 Å². The highest BCUT2D eigenvalue weighted by molar-refractivity contribution is 5.83. The van der Waals surface area contributed by atoms with E-state index in [-0.39, 0.29) is 12.3 Å². The fourth-order valence-electron chi connectivity index (χ4n) is 1.04. The summed E-state index contributed by atoms with van der Waals surface area (Å²) in [5.74, 6) is -0.544. The van der Waals surface area contributed by atoms with Crippen LogP contribution in [-0.4, -0.2) is 33.2 Å². The van der Waals surface area contributed by atoms with Gasteiger partial charge in [0.05, 0.1) is 0 Å². The standard InChI is InChI=1S/C9H13N3O4/c1-5(9(14)15)10-7(13)3-4-8-11-6(2)12-16-8/h5H,3-4H2,1-2H3,(H,10,13)(H,14,15). The first-order valence-corrected chi connectivity index (χ1v) is 4.80. The van der Waals surface area contributed by atoms with Crippen molar-refractivity contribution in [2.75, 3.05) is 0 Å². The zero-order valence-corrected chi connectivity index (χ0v) is 9.06. The van der Waals surface area contributed by atoms with Gasteiger partial charge in [-0.2, -0.15) is 4.98 Å². The Morgan fingerprint density at radius 1 is 1.56 bits per heavy atom. The summed E-state index contributed by atoms with van der Waals surface area (Å²) >= 11 is 0. The van der Waals surface area contributed by atoms with Crippen LogP contribution >= 0.6 is 0 Å². The second kappa shape index (κ2) is 5.24. The summed E-state index contributed by atoms with van der Waals surface area (Å²) in [6.45, 7) is 3.08. The lowest BCUT2D eigenvalue weighted by molar-refractivity contribution is -0.141. The van der Waals surface area contributed by atoms with E-state index in [0.717, 1.165) is 0 Å². The van der Waals surface area contributed by atoms with Gasteiger partial charge in [-0.25, -0.2) is 0 Å². The topological polar surface area (TPSA) is 105 Å². The number of aromatic nitrogens is 2. The third-order valence-corrected chi connectivity index (χ3v) is 1.88. The molecule has 1 heterocycles. The summed E-state index contributed by atoms with van der Waals surface area (Å²) in [7, 11) is 0. The molecular formula is C9H13N3O4. The number of nitrogens with one attached hydrogen (secondary N) is 1. The SMILES string of the molecule is Cc1noc(CCC(=O)NC(C)C(=O)O)n1. The van der Waals surface area contributed by atoms with Crippen LogP contribution in [0.5, 0.6) is 0 Å². The third-order valence-electron chi connectivity index (χ3n) is 1.88. The smallest absolute Gasteiger partial charge is 0.325 e. The van der Waals surface area contributed by atoms with Crippen LogP contribution in [0.4, 0.5) is 0 Å². The van der Waals surface area contributed by atoms with Crippen LogP contribution in [0.3, 0.4) is 0 Å². The van der Waals surface area contributed by atoms with Gasteiger partial charge in [-0.15, -0.1) is 0 Å². The molecule has 0 saturated heterocycles. The van der Waals surface area contributed by atoms with Gasteiger partial charge in [0.2, 0.25) is 11.8 Å². The molecule has 0 aliphatic carbocycles. The fourth-order valence-corrected chi connectivity index (χ4v) is 1.04. The first-order valence-electron chi connectivity index (χ1n) is 4.80. The number of amides is 1. The van der Waals surface area contributed by atoms with Crippen LogP contribution in [0.25, 0.3) is 0 Å². The van der Waals surface area contributed by atoms with E-state index in [1.165, 1.54) is 6.92 Å². The van der Waals surface area contributed by atoms with E-state index in [2.05, 4.69) is 15.5 Å². The minimum absolute atomic E-state index is 0.124. The van der Waals surface area contributed by atoms with Gasteiger partial charge >= 0.3 is 5.97 Å². The predicted molar refractivity (Wildman–Crippen MR) is 52.6 cm³/mol. The molecule has 0 aliphatic heterocycles. The van der Waals surface area contributed by atoms with E-state index in [4.69, 9.17) is 9.63 Å². The highest BCUT2D eigenvalue weighted by Gasteiger charge is 2.14. The molecule has 16 heavy (non-hydrogen) atoms. The van der Waals surface area contributed by atoms with Crippen LogP contribution in [0.1, 0.15) is 25.1 Å². The molecule has 0 aromatic carbocycles. The Labute approximate surface area is 91.8 Å². The lowest BCUT2D eigenvalue weighted by Crippen LogP contribution is -2.38. The van der Waals surface area contributed by atoms with E-state index in [1.807, 2.05) is 0 Å². The van der Waals surface area contributed by atoms with Gasteiger partial charge in [-0.3, -0.25) is 9.59 Å². The number of carboxylic acids is 1. The van der Waals surface area contributed by atoms with Gasteiger partial charge in [0, 0.05) is 12.8 Å². The van der Waals surface area contributed by atoms with Gasteiger partial charge in [0.25, 0.3) is 0 Å². The zero-order valence-electron chi connectivity index (χ0n) is 9.06. The molecule has 1 atom stereocenters. The van der Waals surface area contributed by atoms with E-state index < -0.39 is 12.0 Å². The van der Waals surface area contributed by atoms with Crippen LogP contribution in [-0.2, 0) is 16.0 Å². The zero-order chi connectivity index (χ0) is 12.1. The summed E-state index contributed by atoms with van der Waals surface area (Å²) in [6, 6.07) is -0.892. The van der Waals surface area contributed by atoms with Crippen LogP contribution in [0.2, 0.25) is 0 Å². The predicted octanol–water partition coefficient (Wildman–Crippen LogP) is -0.100. The monoisotopic (exact) mass is 227 g/mol. The first-order chi connectivity index (χ1) is 7.49. The van der Waals surface area contributed by atoms with Crippen molar-refractivity contribution in [3.8, 4) is 0 Å². The van der Waals surface area contributed by atoms with Gasteiger partial charge in [-0.1, -0.05) is 5.16 Å². The molecule has 1 amide bonds. The summed E-state index contributed by atoms with van der Waals surface area (Å²) in [5, 5.41) is 14.5. The molecule has 2 N–H and O–H groups in total. The number of rotatable bonds is 5. The second-order valence-electron chi connectivity index (χ2n) is 3.36. The molecule has 0 aliphatic rings. The first kappa shape index (κ1) is 12.2. The third kappa shape index (κ3) is 3.68. The van der Waals surface area contributed by atoms with E-state index in [9.17, 15) is 9.59 Å². The maximum absolute atomic E-state index is 11.3. The summed E-state index contributed by atoms with van der Waals surface area (Å²) in [5.41, 5.74) is 0. The Morgan fingerprint density at radius 2 is 2.25 bits per heavy atom. The van der Waals surface area contributed by atoms with Gasteiger partial charge in [-0.05, 0) is 13.8 Å². The highest BCUT2D eigenvalue weighted by Crippen LogP contribution is 2.00. The quantitative estimate of drug-likeness (QED) is 0.727. The van der Waals surface area contributed by atoms with Crippen molar-refractivity contribution in [2.45, 2.75) is 32.7 Å². The van der Waals surface area contributed by atoms with Crippen molar-refractivity contribution in [3.05, 3.63) is 11.7 Å². The van der Waals surface area contributed by atoms with Crippen LogP contribution < -0.4 is 5.32 Å². The lowest BCUT2D eigenvalue weighted by atomic mass is 10.2. The Kier molecular flexibility index (Phi) is 3.98. The molecule has 0 bridgehead atoms. The van der Waals surface area contributed by atoms with Crippen molar-refractivity contribution in [2.24, 2.45) is 0 Å². The molecule has 1 rings (SSSR count). The van der Waals surface area contributed by atoms with E-state index in [1.54, 1.807) is 6.92 Å². The molecule has 88 valence electrons. The van der Waals surface area contributed by atoms with Crippen molar-refractivity contribution < 1.29 is 19.2 Å². The second-order valence-corrected chi connectivity index (χ2v) is 3.36. The number of nitrogens with zero attached hydrogens (tertiary/aromatic N) is 2. The Morgan fingerprint density at radius 3 is 2.75 bits per heavy atom. The molecule has 0 fully saturated rings. The maximum atomic E-state index is 11.3. The largest absolute Gasteiger partial charge is 0.480 e. The Hall–Kier alpha value is -1.92. The molecule has 7 nitrogen and oxygen atoms in total. The molecule has 7 heteroatoms. The average Bonchev–Trinajstić information content (AvgIpc) is 2.61. The number of carboxylic acid groups (broad SMARTS) is 1. The molecule has 0 spiro atoms. The van der Waals surface area contributed by atoms with Crippen molar-refractivity contribution in [3.63, 3.8) is 0 Å². The molecule has 1 aromatic rings. The molecular weight excluding hydrogens is 214 g/mol. The van der Waals surface area contributed by atoms with Gasteiger partial charge < -0.3 is 14.9 Å². The number of aryl methyl sites for hydroxylation is 2. The Bertz CT molecular complexity index is 388. The summed E-state index contributed by atoms with van der Waals surface area (Å²) in [4.78, 5) is 25.7. The molecule has 1 aromatic heterocycles. The summed E-state index contributed by atoms with van der Waals surface area (Å²) in [6.07, 6.45) is 0.429. The molecule has 0 saturated carbocycles. The number of carbonyl (C=O) groups is 2. The normalized spacial score (nSPS) is 12.1. The van der Waals surface area contributed by atoms with Gasteiger partial charge in [0.15, 0.2) is 5.82 Å². The molecule has 0 radical (unpaired) electrons. The van der Waals surface area contributed by atoms with Gasteiger partial charge in [0.1, 0.15) is 6.04 Å². The lowest BCUT2D eigenvalue weighted by Gasteiger charge is -2.07. The summed E-state index contributed by atoms with van der Waals surface area (Å²) < 4.78 is 4.81. The van der Waals surface area contributed by atoms with E-state index in [0.29, 0.717) is 18.1 Å². The maximum Gasteiger partial charge on any atom is 0.325 e. The van der Waals surface area contributed by atoms with Crippen LogP contribution in [0, 0.1) is 6.92 Å². The van der Waals surface area contributed by atoms with Crippen LogP contribution in [0.15, 0.2) is 4.52 Å².